The number of aryl methyl sites for hydroxylation is 1. The lowest BCUT2D eigenvalue weighted by molar-refractivity contribution is -0.696. The maximum Gasteiger partial charge on any atom is 0.176 e. The number of rotatable bonds is 11. The van der Waals surface area contributed by atoms with Crippen molar-refractivity contribution in [1.29, 1.82) is 0 Å². The maximum atomic E-state index is 8.89. The van der Waals surface area contributed by atoms with Crippen LogP contribution in [0.3, 0.4) is 0 Å². The molecule has 2 rings (SSSR count). The van der Waals surface area contributed by atoms with Gasteiger partial charge in [-0.05, 0) is 24.8 Å². The predicted octanol–water partition coefficient (Wildman–Crippen LogP) is 4.80. The highest BCUT2D eigenvalue weighted by Crippen LogP contribution is 2.11. The van der Waals surface area contributed by atoms with Crippen molar-refractivity contribution >= 4 is 16.7 Å². The van der Waals surface area contributed by atoms with E-state index in [-0.39, 0.29) is 0 Å². The molecule has 26 heavy (non-hydrogen) atoms. The largest absolute Gasteiger partial charge is 0.550 e. The molecule has 0 atom stereocenters. The molecule has 0 aliphatic carbocycles. The third kappa shape index (κ3) is 10.9. The predicted molar refractivity (Wildman–Crippen MR) is 107 cm³/mol. The molecule has 0 saturated carbocycles. The van der Waals surface area contributed by atoms with Crippen LogP contribution >= 0.6 is 0 Å². The van der Waals surface area contributed by atoms with Gasteiger partial charge in [0, 0.05) is 23.8 Å². The topological polar surface area (TPSA) is 44.0 Å². The molecule has 0 aliphatic heterocycles. The van der Waals surface area contributed by atoms with Gasteiger partial charge in [-0.1, -0.05) is 76.5 Å². The average molecular weight is 358 g/mol. The summed E-state index contributed by atoms with van der Waals surface area (Å²) in [4.78, 5) is 8.89. The molecule has 0 spiro atoms. The van der Waals surface area contributed by atoms with Crippen LogP contribution in [0.5, 0.6) is 0 Å². The van der Waals surface area contributed by atoms with Crippen molar-refractivity contribution < 1.29 is 14.5 Å². The van der Waals surface area contributed by atoms with Gasteiger partial charge in [0.1, 0.15) is 6.54 Å². The average Bonchev–Trinajstić information content (AvgIpc) is 2.63. The first kappa shape index (κ1) is 22.1. The monoisotopic (exact) mass is 357 g/mol. The minimum atomic E-state index is -1.08. The van der Waals surface area contributed by atoms with Gasteiger partial charge in [0.25, 0.3) is 0 Å². The molecular weight excluding hydrogens is 322 g/mol. The zero-order valence-electron chi connectivity index (χ0n) is 16.6. The van der Waals surface area contributed by atoms with Crippen LogP contribution in [0.25, 0.3) is 10.8 Å². The minimum absolute atomic E-state index is 0.972. The van der Waals surface area contributed by atoms with E-state index in [9.17, 15) is 0 Å². The first-order valence-corrected chi connectivity index (χ1v) is 10.2. The van der Waals surface area contributed by atoms with Crippen molar-refractivity contribution in [1.82, 2.24) is 0 Å². The van der Waals surface area contributed by atoms with Crippen molar-refractivity contribution in [2.45, 2.75) is 84.6 Å². The zero-order chi connectivity index (χ0) is 19.0. The fourth-order valence-corrected chi connectivity index (χ4v) is 3.10. The van der Waals surface area contributed by atoms with E-state index in [1.165, 1.54) is 75.0 Å². The molecule has 3 heteroatoms. The summed E-state index contributed by atoms with van der Waals surface area (Å²) < 4.78 is 2.34. The van der Waals surface area contributed by atoms with Crippen molar-refractivity contribution in [2.24, 2.45) is 0 Å². The second-order valence-corrected chi connectivity index (χ2v) is 6.99. The molecule has 0 unspecified atom stereocenters. The van der Waals surface area contributed by atoms with Crippen LogP contribution in [0.15, 0.2) is 42.7 Å². The third-order valence-electron chi connectivity index (χ3n) is 4.52. The number of carboxylic acids is 1. The van der Waals surface area contributed by atoms with E-state index in [0.29, 0.717) is 0 Å². The molecule has 144 valence electrons. The highest BCUT2D eigenvalue weighted by Gasteiger charge is 2.02. The van der Waals surface area contributed by atoms with Gasteiger partial charge >= 0.3 is 0 Å². The Morgan fingerprint density at radius 2 is 1.35 bits per heavy atom. The van der Waals surface area contributed by atoms with Crippen molar-refractivity contribution in [3.8, 4) is 0 Å². The first-order valence-electron chi connectivity index (χ1n) is 10.2. The number of hydrogen-bond acceptors (Lipinski definition) is 2. The van der Waals surface area contributed by atoms with Crippen LogP contribution in [0.2, 0.25) is 0 Å². The Morgan fingerprint density at radius 1 is 0.846 bits per heavy atom. The molecule has 0 bridgehead atoms. The van der Waals surface area contributed by atoms with E-state index in [2.05, 4.69) is 54.2 Å². The van der Waals surface area contributed by atoms with Crippen LogP contribution in [0.1, 0.15) is 78.1 Å². The van der Waals surface area contributed by atoms with Crippen LogP contribution < -0.4 is 9.67 Å². The molecule has 0 fully saturated rings. The quantitative estimate of drug-likeness (QED) is 0.428. The molecular formula is C23H35NO2. The molecule has 0 amide bonds. The van der Waals surface area contributed by atoms with Gasteiger partial charge in [-0.25, -0.2) is 4.57 Å². The Bertz CT molecular complexity index is 620. The number of carbonyl (C=O) groups is 1. The van der Waals surface area contributed by atoms with E-state index in [0.717, 1.165) is 13.5 Å². The van der Waals surface area contributed by atoms with Crippen LogP contribution in [-0.2, 0) is 11.3 Å². The molecule has 3 nitrogen and oxygen atoms in total. The third-order valence-corrected chi connectivity index (χ3v) is 4.52. The van der Waals surface area contributed by atoms with E-state index >= 15 is 0 Å². The number of fused-ring (bicyclic) bond motifs is 1. The minimum Gasteiger partial charge on any atom is -0.550 e. The SMILES string of the molecule is CC(=O)[O-].CCCCCCCCCCCC[n+]1ccc2ccccc2c1. The fraction of sp³-hybridized carbons (Fsp3) is 0.565. The number of nitrogens with zero attached hydrogens (tertiary/aromatic N) is 1. The number of aliphatic carboxylic acids is 1. The smallest absolute Gasteiger partial charge is 0.176 e. The van der Waals surface area contributed by atoms with Gasteiger partial charge in [-0.15, -0.1) is 0 Å². The van der Waals surface area contributed by atoms with Crippen LogP contribution in [0.4, 0.5) is 0 Å². The Balaban J connectivity index is 0.000000765. The van der Waals surface area contributed by atoms with E-state index in [1.807, 2.05) is 0 Å². The number of hydrogen-bond donors (Lipinski definition) is 0. The van der Waals surface area contributed by atoms with Gasteiger partial charge in [0.15, 0.2) is 12.4 Å². The molecule has 0 N–H and O–H groups in total. The van der Waals surface area contributed by atoms with Crippen LogP contribution in [-0.4, -0.2) is 5.97 Å². The number of aromatic nitrogens is 1. The van der Waals surface area contributed by atoms with E-state index in [4.69, 9.17) is 9.90 Å². The second-order valence-electron chi connectivity index (χ2n) is 6.99. The lowest BCUT2D eigenvalue weighted by atomic mass is 10.1. The summed E-state index contributed by atoms with van der Waals surface area (Å²) in [6.07, 6.45) is 18.5. The Hall–Kier alpha value is -1.90. The molecule has 0 radical (unpaired) electrons. The summed E-state index contributed by atoms with van der Waals surface area (Å²) in [6, 6.07) is 10.8. The number of unbranched alkanes of at least 4 members (excludes halogenated alkanes) is 9. The summed E-state index contributed by atoms with van der Waals surface area (Å²) in [5.41, 5.74) is 0. The number of carbonyl (C=O) groups excluding carboxylic acids is 1. The summed E-state index contributed by atoms with van der Waals surface area (Å²) in [7, 11) is 0. The lowest BCUT2D eigenvalue weighted by Gasteiger charge is -2.02. The molecule has 1 heterocycles. The molecule has 0 saturated heterocycles. The normalized spacial score (nSPS) is 10.4. The number of benzene rings is 1. The van der Waals surface area contributed by atoms with Crippen LogP contribution in [0, 0.1) is 0 Å². The molecule has 0 aliphatic rings. The number of carboxylic acid groups (broad SMARTS) is 1. The van der Waals surface area contributed by atoms with Gasteiger partial charge in [0.05, 0.1) is 0 Å². The van der Waals surface area contributed by atoms with Crippen molar-refractivity contribution in [3.63, 3.8) is 0 Å². The molecule has 2 aromatic rings. The second kappa shape index (κ2) is 14.3. The summed E-state index contributed by atoms with van der Waals surface area (Å²) in [5, 5.41) is 11.6. The molecule has 1 aromatic heterocycles. The standard InChI is InChI=1S/C21H32N.C2H4O2/c1-2-3-4-5-6-7-8-9-10-13-17-22-18-16-20-14-11-12-15-21(20)19-22;1-2(3)4/h11-12,14-16,18-19H,2-10,13,17H2,1H3;1H3,(H,3,4)/q+1;/p-1. The Kier molecular flexibility index (Phi) is 12.2. The van der Waals surface area contributed by atoms with E-state index < -0.39 is 5.97 Å². The van der Waals surface area contributed by atoms with Gasteiger partial charge in [0.2, 0.25) is 0 Å². The summed E-state index contributed by atoms with van der Waals surface area (Å²) >= 11 is 0. The first-order chi connectivity index (χ1) is 12.6. The zero-order valence-corrected chi connectivity index (χ0v) is 16.6. The van der Waals surface area contributed by atoms with Crippen molar-refractivity contribution in [3.05, 3.63) is 42.7 Å². The summed E-state index contributed by atoms with van der Waals surface area (Å²) in [6.45, 7) is 4.41. The highest BCUT2D eigenvalue weighted by atomic mass is 16.4. The van der Waals surface area contributed by atoms with E-state index in [1.54, 1.807) is 0 Å². The fourth-order valence-electron chi connectivity index (χ4n) is 3.10. The summed E-state index contributed by atoms with van der Waals surface area (Å²) in [5.74, 6) is -1.08. The molecule has 1 aromatic carbocycles. The number of pyridine rings is 1. The maximum absolute atomic E-state index is 8.89. The Morgan fingerprint density at radius 3 is 1.92 bits per heavy atom. The van der Waals surface area contributed by atoms with Crippen molar-refractivity contribution in [2.75, 3.05) is 0 Å². The van der Waals surface area contributed by atoms with Gasteiger partial charge in [-0.2, -0.15) is 0 Å². The lowest BCUT2D eigenvalue weighted by Crippen LogP contribution is -2.32. The highest BCUT2D eigenvalue weighted by molar-refractivity contribution is 5.80. The van der Waals surface area contributed by atoms with Gasteiger partial charge < -0.3 is 9.90 Å². The Labute approximate surface area is 159 Å². The van der Waals surface area contributed by atoms with Gasteiger partial charge in [-0.3, -0.25) is 0 Å².